The van der Waals surface area contributed by atoms with Gasteiger partial charge in [-0.25, -0.2) is 0 Å². The van der Waals surface area contributed by atoms with Gasteiger partial charge in [-0.15, -0.1) is 0 Å². The van der Waals surface area contributed by atoms with E-state index in [-0.39, 0.29) is 0 Å². The molecule has 0 fully saturated rings. The summed E-state index contributed by atoms with van der Waals surface area (Å²) in [6.07, 6.45) is 0. The quantitative estimate of drug-likeness (QED) is 0.633. The fraction of sp³-hybridized carbons (Fsp3) is 0.0667. The highest BCUT2D eigenvalue weighted by Crippen LogP contribution is 2.29. The Bertz CT molecular complexity index is 649. The molecule has 0 spiro atoms. The van der Waals surface area contributed by atoms with Crippen molar-refractivity contribution >= 4 is 16.7 Å². The topological polar surface area (TPSA) is 39.2 Å². The molecule has 0 amide bonds. The molecule has 2 N–H and O–H groups in total. The highest BCUT2D eigenvalue weighted by atomic mass is 16.3. The Labute approximate surface area is 99.7 Å². The molecule has 3 rings (SSSR count). The van der Waals surface area contributed by atoms with Crippen LogP contribution in [0, 0.1) is 6.92 Å². The van der Waals surface area contributed by atoms with E-state index in [1.807, 2.05) is 55.5 Å². The molecule has 1 aromatic heterocycles. The molecule has 17 heavy (non-hydrogen) atoms. The van der Waals surface area contributed by atoms with Crippen molar-refractivity contribution in [3.05, 3.63) is 54.1 Å². The Kier molecular flexibility index (Phi) is 2.15. The van der Waals surface area contributed by atoms with Gasteiger partial charge in [0.25, 0.3) is 0 Å². The standard InChI is InChI=1S/C15H13NO/c1-10-6-7-12(8-13(10)16)15-9-11-4-2-3-5-14(11)17-15/h2-9H,16H2,1H3. The number of hydrogen-bond donors (Lipinski definition) is 1. The first-order valence-corrected chi connectivity index (χ1v) is 5.59. The lowest BCUT2D eigenvalue weighted by molar-refractivity contribution is 0.631. The summed E-state index contributed by atoms with van der Waals surface area (Å²) in [6.45, 7) is 2.00. The summed E-state index contributed by atoms with van der Waals surface area (Å²) >= 11 is 0. The van der Waals surface area contributed by atoms with Crippen LogP contribution in [-0.4, -0.2) is 0 Å². The molecule has 2 aromatic carbocycles. The van der Waals surface area contributed by atoms with Gasteiger partial charge in [0.15, 0.2) is 0 Å². The average Bonchev–Trinajstić information content (AvgIpc) is 2.76. The lowest BCUT2D eigenvalue weighted by atomic mass is 10.1. The SMILES string of the molecule is Cc1ccc(-c2cc3ccccc3o2)cc1N. The Hall–Kier alpha value is -2.22. The third-order valence-corrected chi connectivity index (χ3v) is 2.99. The van der Waals surface area contributed by atoms with Gasteiger partial charge in [0.2, 0.25) is 0 Å². The van der Waals surface area contributed by atoms with Crippen LogP contribution < -0.4 is 5.73 Å². The summed E-state index contributed by atoms with van der Waals surface area (Å²) in [5.41, 5.74) is 9.71. The van der Waals surface area contributed by atoms with Crippen molar-refractivity contribution < 1.29 is 4.42 Å². The Balaban J connectivity index is 2.17. The van der Waals surface area contributed by atoms with Gasteiger partial charge in [0.05, 0.1) is 0 Å². The minimum atomic E-state index is 0.794. The van der Waals surface area contributed by atoms with Gasteiger partial charge in [-0.1, -0.05) is 30.3 Å². The minimum absolute atomic E-state index is 0.794. The number of nitrogens with two attached hydrogens (primary N) is 1. The number of nitrogen functional groups attached to an aromatic ring is 1. The van der Waals surface area contributed by atoms with Crippen LogP contribution in [0.4, 0.5) is 5.69 Å². The van der Waals surface area contributed by atoms with E-state index in [4.69, 9.17) is 10.2 Å². The van der Waals surface area contributed by atoms with Crippen molar-refractivity contribution in [2.45, 2.75) is 6.92 Å². The zero-order valence-electron chi connectivity index (χ0n) is 9.60. The third kappa shape index (κ3) is 1.68. The van der Waals surface area contributed by atoms with Crippen molar-refractivity contribution in [1.29, 1.82) is 0 Å². The Morgan fingerprint density at radius 3 is 2.59 bits per heavy atom. The number of para-hydroxylation sites is 1. The van der Waals surface area contributed by atoms with Crippen LogP contribution >= 0.6 is 0 Å². The second kappa shape index (κ2) is 3.67. The van der Waals surface area contributed by atoms with Gasteiger partial charge in [-0.05, 0) is 30.7 Å². The van der Waals surface area contributed by atoms with Crippen molar-refractivity contribution in [2.75, 3.05) is 5.73 Å². The number of fused-ring (bicyclic) bond motifs is 1. The monoisotopic (exact) mass is 223 g/mol. The van der Waals surface area contributed by atoms with E-state index in [2.05, 4.69) is 0 Å². The number of aryl methyl sites for hydroxylation is 1. The summed E-state index contributed by atoms with van der Waals surface area (Å²) in [7, 11) is 0. The highest BCUT2D eigenvalue weighted by molar-refractivity contribution is 5.83. The van der Waals surface area contributed by atoms with Crippen molar-refractivity contribution in [3.63, 3.8) is 0 Å². The van der Waals surface area contributed by atoms with Crippen molar-refractivity contribution in [2.24, 2.45) is 0 Å². The lowest BCUT2D eigenvalue weighted by Crippen LogP contribution is -1.89. The molecule has 84 valence electrons. The predicted molar refractivity (Wildman–Crippen MR) is 70.8 cm³/mol. The predicted octanol–water partition coefficient (Wildman–Crippen LogP) is 3.99. The Morgan fingerprint density at radius 2 is 1.82 bits per heavy atom. The van der Waals surface area contributed by atoms with Gasteiger partial charge < -0.3 is 10.2 Å². The number of furan rings is 1. The average molecular weight is 223 g/mol. The first kappa shape index (κ1) is 9.97. The number of rotatable bonds is 1. The maximum absolute atomic E-state index is 5.91. The smallest absolute Gasteiger partial charge is 0.135 e. The molecule has 0 saturated heterocycles. The molecule has 0 bridgehead atoms. The lowest BCUT2D eigenvalue weighted by Gasteiger charge is -2.01. The summed E-state index contributed by atoms with van der Waals surface area (Å²) in [5, 5.41) is 1.11. The molecular formula is C15H13NO. The summed E-state index contributed by atoms with van der Waals surface area (Å²) in [6, 6.07) is 16.0. The molecule has 0 unspecified atom stereocenters. The molecule has 0 aliphatic heterocycles. The second-order valence-corrected chi connectivity index (χ2v) is 4.22. The normalized spacial score (nSPS) is 10.9. The molecule has 3 aromatic rings. The summed E-state index contributed by atoms with van der Waals surface area (Å²) in [5.74, 6) is 0.859. The van der Waals surface area contributed by atoms with Gasteiger partial charge >= 0.3 is 0 Å². The van der Waals surface area contributed by atoms with Crippen LogP contribution in [0.15, 0.2) is 52.9 Å². The molecule has 0 atom stereocenters. The molecule has 1 heterocycles. The van der Waals surface area contributed by atoms with E-state index in [9.17, 15) is 0 Å². The van der Waals surface area contributed by atoms with Crippen LogP contribution in [0.3, 0.4) is 0 Å². The molecule has 0 aliphatic rings. The fourth-order valence-corrected chi connectivity index (χ4v) is 1.92. The summed E-state index contributed by atoms with van der Waals surface area (Å²) in [4.78, 5) is 0. The van der Waals surface area contributed by atoms with Crippen LogP contribution in [0.1, 0.15) is 5.56 Å². The molecular weight excluding hydrogens is 210 g/mol. The van der Waals surface area contributed by atoms with Crippen LogP contribution in [0.5, 0.6) is 0 Å². The zero-order chi connectivity index (χ0) is 11.8. The minimum Gasteiger partial charge on any atom is -0.456 e. The van der Waals surface area contributed by atoms with Crippen LogP contribution in [0.25, 0.3) is 22.3 Å². The van der Waals surface area contributed by atoms with E-state index < -0.39 is 0 Å². The maximum atomic E-state index is 5.91. The van der Waals surface area contributed by atoms with E-state index in [1.54, 1.807) is 0 Å². The van der Waals surface area contributed by atoms with Crippen molar-refractivity contribution in [3.8, 4) is 11.3 Å². The molecule has 0 aliphatic carbocycles. The van der Waals surface area contributed by atoms with Crippen LogP contribution in [-0.2, 0) is 0 Å². The van der Waals surface area contributed by atoms with E-state index in [0.29, 0.717) is 0 Å². The third-order valence-electron chi connectivity index (χ3n) is 2.99. The van der Waals surface area contributed by atoms with Gasteiger partial charge in [-0.2, -0.15) is 0 Å². The number of benzene rings is 2. The largest absolute Gasteiger partial charge is 0.456 e. The van der Waals surface area contributed by atoms with Crippen molar-refractivity contribution in [1.82, 2.24) is 0 Å². The van der Waals surface area contributed by atoms with Gasteiger partial charge in [0, 0.05) is 16.6 Å². The number of anilines is 1. The van der Waals surface area contributed by atoms with E-state index >= 15 is 0 Å². The van der Waals surface area contributed by atoms with E-state index in [0.717, 1.165) is 33.5 Å². The van der Waals surface area contributed by atoms with Gasteiger partial charge in [-0.3, -0.25) is 0 Å². The first-order valence-electron chi connectivity index (χ1n) is 5.59. The number of hydrogen-bond acceptors (Lipinski definition) is 2. The fourth-order valence-electron chi connectivity index (χ4n) is 1.92. The molecule has 0 radical (unpaired) electrons. The first-order chi connectivity index (χ1) is 8.24. The highest BCUT2D eigenvalue weighted by Gasteiger charge is 2.06. The zero-order valence-corrected chi connectivity index (χ0v) is 9.60. The molecule has 2 nitrogen and oxygen atoms in total. The molecule has 0 saturated carbocycles. The van der Waals surface area contributed by atoms with Crippen LogP contribution in [0.2, 0.25) is 0 Å². The Morgan fingerprint density at radius 1 is 1.00 bits per heavy atom. The summed E-state index contributed by atoms with van der Waals surface area (Å²) < 4.78 is 5.79. The van der Waals surface area contributed by atoms with E-state index in [1.165, 1.54) is 0 Å². The molecule has 2 heteroatoms. The van der Waals surface area contributed by atoms with Gasteiger partial charge in [0.1, 0.15) is 11.3 Å². The maximum Gasteiger partial charge on any atom is 0.135 e. The second-order valence-electron chi connectivity index (χ2n) is 4.22.